The molecule has 8 nitrogen and oxygen atoms in total. The summed E-state index contributed by atoms with van der Waals surface area (Å²) < 4.78 is 30.4. The molecule has 0 saturated heterocycles. The summed E-state index contributed by atoms with van der Waals surface area (Å²) in [4.78, 5) is 3.96. The van der Waals surface area contributed by atoms with Crippen molar-refractivity contribution in [3.63, 3.8) is 0 Å². The molecule has 1 atom stereocenters. The van der Waals surface area contributed by atoms with E-state index in [1.54, 1.807) is 18.3 Å². The molecule has 33 heavy (non-hydrogen) atoms. The molecule has 11 heteroatoms. The molecular formula is C22H23Cl2FN4O4. The van der Waals surface area contributed by atoms with E-state index >= 15 is 0 Å². The van der Waals surface area contributed by atoms with E-state index in [-0.39, 0.29) is 29.7 Å². The molecular weight excluding hydrogens is 474 g/mol. The largest absolute Gasteiger partial charge is 0.489 e. The van der Waals surface area contributed by atoms with Gasteiger partial charge in [-0.25, -0.2) is 4.39 Å². The fourth-order valence-corrected chi connectivity index (χ4v) is 4.10. The number of nitrogens with zero attached hydrogens (tertiary/aromatic N) is 3. The average molecular weight is 497 g/mol. The number of rotatable bonds is 10. The summed E-state index contributed by atoms with van der Waals surface area (Å²) in [6, 6.07) is 5.84. The number of aromatic nitrogens is 3. The minimum atomic E-state index is -0.915. The van der Waals surface area contributed by atoms with E-state index in [1.165, 1.54) is 18.3 Å². The van der Waals surface area contributed by atoms with Gasteiger partial charge in [-0.2, -0.15) is 0 Å². The molecule has 176 valence electrons. The van der Waals surface area contributed by atoms with Crippen LogP contribution in [0.4, 0.5) is 4.39 Å². The lowest BCUT2D eigenvalue weighted by molar-refractivity contribution is 0.0293. The molecule has 4 rings (SSSR count). The number of ether oxygens (including phenoxy) is 2. The maximum Gasteiger partial charge on any atom is 0.253 e. The minimum absolute atomic E-state index is 0.0172. The van der Waals surface area contributed by atoms with Gasteiger partial charge in [-0.05, 0) is 31.4 Å². The van der Waals surface area contributed by atoms with Crippen LogP contribution in [0.15, 0.2) is 41.1 Å². The van der Waals surface area contributed by atoms with Crippen LogP contribution in [0.3, 0.4) is 0 Å². The Hall–Kier alpha value is -2.46. The summed E-state index contributed by atoms with van der Waals surface area (Å²) in [6.07, 6.45) is 4.40. The topological polar surface area (TPSA) is 103 Å². The molecule has 1 unspecified atom stereocenters. The van der Waals surface area contributed by atoms with Gasteiger partial charge in [0.25, 0.3) is 5.89 Å². The highest BCUT2D eigenvalue weighted by Gasteiger charge is 2.48. The fourth-order valence-electron chi connectivity index (χ4n) is 3.82. The molecule has 2 heterocycles. The van der Waals surface area contributed by atoms with Crippen molar-refractivity contribution < 1.29 is 23.4 Å². The van der Waals surface area contributed by atoms with Gasteiger partial charge in [0.15, 0.2) is 6.61 Å². The van der Waals surface area contributed by atoms with Gasteiger partial charge < -0.3 is 19.0 Å². The Labute approximate surface area is 200 Å². The van der Waals surface area contributed by atoms with Crippen LogP contribution < -0.4 is 14.8 Å². The standard InChI is InChI=1S/C22H23Cl2FN4O4/c1-2-22(21-29-28-20(33-21)12-32-16-5-13(23)9-26-10-16)7-14(8-22)27-19(30)11-31-15-3-4-17(24)18(25)6-15/h3-6,9-10,14,19,27,30H,2,7-8,11-12H2,1H3. The van der Waals surface area contributed by atoms with Crippen molar-refractivity contribution in [2.75, 3.05) is 6.61 Å². The molecule has 1 fully saturated rings. The molecule has 1 saturated carbocycles. The summed E-state index contributed by atoms with van der Waals surface area (Å²) in [5.41, 5.74) is -0.263. The number of aliphatic hydroxyl groups is 1. The average Bonchev–Trinajstić information content (AvgIpc) is 3.25. The summed E-state index contributed by atoms with van der Waals surface area (Å²) in [7, 11) is 0. The first-order valence-electron chi connectivity index (χ1n) is 10.4. The van der Waals surface area contributed by atoms with Gasteiger partial charge in [0.2, 0.25) is 5.89 Å². The van der Waals surface area contributed by atoms with Gasteiger partial charge >= 0.3 is 0 Å². The minimum Gasteiger partial charge on any atom is -0.489 e. The van der Waals surface area contributed by atoms with Gasteiger partial charge in [-0.15, -0.1) is 10.2 Å². The van der Waals surface area contributed by atoms with Crippen molar-refractivity contribution in [2.24, 2.45) is 0 Å². The Morgan fingerprint density at radius 1 is 1.21 bits per heavy atom. The quantitative estimate of drug-likeness (QED) is 0.400. The Kier molecular flexibility index (Phi) is 7.33. The van der Waals surface area contributed by atoms with E-state index in [0.29, 0.717) is 28.3 Å². The van der Waals surface area contributed by atoms with Crippen molar-refractivity contribution in [2.45, 2.75) is 50.5 Å². The third kappa shape index (κ3) is 5.73. The lowest BCUT2D eigenvalue weighted by atomic mass is 9.63. The lowest BCUT2D eigenvalue weighted by Gasteiger charge is -2.45. The van der Waals surface area contributed by atoms with Crippen LogP contribution in [0.25, 0.3) is 0 Å². The zero-order chi connectivity index (χ0) is 23.4. The van der Waals surface area contributed by atoms with Crippen molar-refractivity contribution in [3.8, 4) is 11.5 Å². The first-order chi connectivity index (χ1) is 15.9. The van der Waals surface area contributed by atoms with E-state index in [9.17, 15) is 9.50 Å². The second kappa shape index (κ2) is 10.2. The van der Waals surface area contributed by atoms with Crippen LogP contribution in [0, 0.1) is 5.82 Å². The Morgan fingerprint density at radius 3 is 2.76 bits per heavy atom. The number of halogens is 3. The second-order valence-electron chi connectivity index (χ2n) is 7.94. The lowest BCUT2D eigenvalue weighted by Crippen LogP contribution is -2.55. The molecule has 0 aliphatic heterocycles. The fraction of sp³-hybridized carbons (Fsp3) is 0.409. The Bertz CT molecular complexity index is 1090. The molecule has 0 bridgehead atoms. The van der Waals surface area contributed by atoms with Crippen molar-refractivity contribution in [1.82, 2.24) is 20.5 Å². The molecule has 1 aliphatic rings. The first-order valence-corrected chi connectivity index (χ1v) is 11.2. The predicted molar refractivity (Wildman–Crippen MR) is 119 cm³/mol. The number of aliphatic hydroxyl groups excluding tert-OH is 1. The summed E-state index contributed by atoms with van der Waals surface area (Å²) in [6.45, 7) is 2.14. The molecule has 1 aromatic carbocycles. The van der Waals surface area contributed by atoms with Crippen LogP contribution in [-0.2, 0) is 12.0 Å². The normalized spacial score (nSPS) is 20.8. The molecule has 3 aromatic rings. The third-order valence-corrected chi connectivity index (χ3v) is 6.15. The molecule has 2 N–H and O–H groups in total. The monoisotopic (exact) mass is 496 g/mol. The van der Waals surface area contributed by atoms with Crippen molar-refractivity contribution >= 4 is 23.2 Å². The second-order valence-corrected chi connectivity index (χ2v) is 8.78. The number of nitrogens with one attached hydrogen (secondary N) is 1. The number of pyridine rings is 1. The van der Waals surface area contributed by atoms with E-state index in [2.05, 4.69) is 27.4 Å². The third-order valence-electron chi connectivity index (χ3n) is 5.64. The van der Waals surface area contributed by atoms with E-state index < -0.39 is 12.0 Å². The molecule has 2 aromatic heterocycles. The van der Waals surface area contributed by atoms with Crippen LogP contribution in [-0.4, -0.2) is 39.2 Å². The van der Waals surface area contributed by atoms with Gasteiger partial charge in [0.05, 0.1) is 21.7 Å². The highest BCUT2D eigenvalue weighted by atomic mass is 35.5. The predicted octanol–water partition coefficient (Wildman–Crippen LogP) is 4.29. The van der Waals surface area contributed by atoms with Crippen LogP contribution in [0.1, 0.15) is 38.0 Å². The van der Waals surface area contributed by atoms with E-state index in [1.807, 2.05) is 0 Å². The number of benzene rings is 1. The summed E-state index contributed by atoms with van der Waals surface area (Å²) in [5.74, 6) is 1.14. The van der Waals surface area contributed by atoms with Crippen molar-refractivity contribution in [3.05, 3.63) is 64.3 Å². The highest BCUT2D eigenvalue weighted by Crippen LogP contribution is 2.46. The van der Waals surface area contributed by atoms with Crippen molar-refractivity contribution in [1.29, 1.82) is 0 Å². The Morgan fingerprint density at radius 2 is 2.03 bits per heavy atom. The van der Waals surface area contributed by atoms with Gasteiger partial charge in [-0.1, -0.05) is 30.1 Å². The maximum absolute atomic E-state index is 13.5. The molecule has 0 radical (unpaired) electrons. The summed E-state index contributed by atoms with van der Waals surface area (Å²) >= 11 is 11.6. The first kappa shape index (κ1) is 23.7. The van der Waals surface area contributed by atoms with Gasteiger partial charge in [0.1, 0.15) is 30.2 Å². The van der Waals surface area contributed by atoms with Crippen LogP contribution >= 0.6 is 23.2 Å². The number of hydrogen-bond acceptors (Lipinski definition) is 8. The van der Waals surface area contributed by atoms with E-state index in [0.717, 1.165) is 19.3 Å². The smallest absolute Gasteiger partial charge is 0.253 e. The van der Waals surface area contributed by atoms with Gasteiger partial charge in [-0.3, -0.25) is 10.3 Å². The van der Waals surface area contributed by atoms with Crippen LogP contribution in [0.5, 0.6) is 11.5 Å². The Balaban J connectivity index is 1.26. The van der Waals surface area contributed by atoms with Gasteiger partial charge in [0, 0.05) is 24.4 Å². The molecule has 0 spiro atoms. The SMILES string of the molecule is CCC1(c2nnc(COc3cncc(Cl)c3)o2)CC(NC(O)COc2ccc(Cl)c(F)c2)C1. The zero-order valence-corrected chi connectivity index (χ0v) is 19.3. The molecule has 0 amide bonds. The zero-order valence-electron chi connectivity index (χ0n) is 17.8. The van der Waals surface area contributed by atoms with Crippen LogP contribution in [0.2, 0.25) is 10.0 Å². The molecule has 1 aliphatic carbocycles. The van der Waals surface area contributed by atoms with E-state index in [4.69, 9.17) is 37.1 Å². The highest BCUT2D eigenvalue weighted by molar-refractivity contribution is 6.30. The maximum atomic E-state index is 13.5. The summed E-state index contributed by atoms with van der Waals surface area (Å²) in [5, 5.41) is 22.2. The number of hydrogen-bond donors (Lipinski definition) is 2.